The number of rotatable bonds is 5. The second-order valence-corrected chi connectivity index (χ2v) is 8.54. The summed E-state index contributed by atoms with van der Waals surface area (Å²) < 4.78 is 28.5. The van der Waals surface area contributed by atoms with Crippen LogP contribution in [0.1, 0.15) is 12.5 Å². The summed E-state index contributed by atoms with van der Waals surface area (Å²) in [6.45, 7) is 8.67. The Hall–Kier alpha value is -1.76. The van der Waals surface area contributed by atoms with Crippen LogP contribution in [0.5, 0.6) is 0 Å². The average molecular weight is 394 g/mol. The van der Waals surface area contributed by atoms with E-state index in [1.54, 1.807) is 25.1 Å². The fourth-order valence-corrected chi connectivity index (χ4v) is 4.78. The van der Waals surface area contributed by atoms with Gasteiger partial charge in [0.05, 0.1) is 16.3 Å². The number of nitrogens with zero attached hydrogens (tertiary/aromatic N) is 2. The maximum absolute atomic E-state index is 12.9. The molecular weight excluding hydrogens is 370 g/mol. The van der Waals surface area contributed by atoms with Gasteiger partial charge in [0.25, 0.3) is 10.0 Å². The summed E-state index contributed by atoms with van der Waals surface area (Å²) in [6, 6.07) is 12.4. The first-order valence-corrected chi connectivity index (χ1v) is 10.6. The second-order valence-electron chi connectivity index (χ2n) is 6.45. The van der Waals surface area contributed by atoms with E-state index in [-0.39, 0.29) is 4.90 Å². The van der Waals surface area contributed by atoms with Gasteiger partial charge in [-0.3, -0.25) is 4.72 Å². The van der Waals surface area contributed by atoms with Gasteiger partial charge in [-0.2, -0.15) is 0 Å². The van der Waals surface area contributed by atoms with Gasteiger partial charge in [-0.15, -0.1) is 0 Å². The van der Waals surface area contributed by atoms with Crippen LogP contribution < -0.4 is 9.62 Å². The molecule has 0 radical (unpaired) electrons. The first kappa shape index (κ1) is 19.0. The molecule has 0 unspecified atom stereocenters. The number of sulfonamides is 1. The van der Waals surface area contributed by atoms with Gasteiger partial charge in [-0.05, 0) is 49.4 Å². The third-order valence-electron chi connectivity index (χ3n) is 4.74. The van der Waals surface area contributed by atoms with Crippen LogP contribution in [0.25, 0.3) is 0 Å². The largest absolute Gasteiger partial charge is 0.367 e. The highest BCUT2D eigenvalue weighted by Gasteiger charge is 2.22. The SMILES string of the molecule is CCN1CCN(c2ccccc2NS(=O)(=O)c2ccc(Cl)cc2C)CC1. The summed E-state index contributed by atoms with van der Waals surface area (Å²) >= 11 is 5.95. The fourth-order valence-electron chi connectivity index (χ4n) is 3.25. The molecule has 1 N–H and O–H groups in total. The molecule has 0 spiro atoms. The van der Waals surface area contributed by atoms with Crippen molar-refractivity contribution in [3.05, 3.63) is 53.1 Å². The summed E-state index contributed by atoms with van der Waals surface area (Å²) in [4.78, 5) is 4.87. The molecule has 1 aliphatic rings. The van der Waals surface area contributed by atoms with Gasteiger partial charge in [-0.1, -0.05) is 30.7 Å². The highest BCUT2D eigenvalue weighted by Crippen LogP contribution is 2.30. The lowest BCUT2D eigenvalue weighted by Crippen LogP contribution is -2.46. The molecular formula is C19H24ClN3O2S. The number of hydrogen-bond donors (Lipinski definition) is 1. The van der Waals surface area contributed by atoms with Crippen LogP contribution in [0.3, 0.4) is 0 Å². The number of piperazine rings is 1. The number of nitrogens with one attached hydrogen (secondary N) is 1. The van der Waals surface area contributed by atoms with E-state index in [2.05, 4.69) is 21.4 Å². The van der Waals surface area contributed by atoms with E-state index in [9.17, 15) is 8.42 Å². The number of para-hydroxylation sites is 2. The van der Waals surface area contributed by atoms with Crippen LogP contribution in [0.2, 0.25) is 5.02 Å². The molecule has 140 valence electrons. The van der Waals surface area contributed by atoms with Crippen LogP contribution in [0.15, 0.2) is 47.4 Å². The molecule has 0 bridgehead atoms. The predicted molar refractivity (Wildman–Crippen MR) is 108 cm³/mol. The number of halogens is 1. The maximum atomic E-state index is 12.9. The van der Waals surface area contributed by atoms with Crippen molar-refractivity contribution in [3.63, 3.8) is 0 Å². The van der Waals surface area contributed by atoms with Crippen LogP contribution in [0, 0.1) is 6.92 Å². The summed E-state index contributed by atoms with van der Waals surface area (Å²) in [6.07, 6.45) is 0. The van der Waals surface area contributed by atoms with E-state index >= 15 is 0 Å². The number of anilines is 2. The van der Waals surface area contributed by atoms with Crippen molar-refractivity contribution in [1.29, 1.82) is 0 Å². The first-order chi connectivity index (χ1) is 12.4. The zero-order valence-corrected chi connectivity index (χ0v) is 16.6. The summed E-state index contributed by atoms with van der Waals surface area (Å²) in [5, 5.41) is 0.524. The van der Waals surface area contributed by atoms with Crippen molar-refractivity contribution in [1.82, 2.24) is 4.90 Å². The Labute approximate surface area is 160 Å². The average Bonchev–Trinajstić information content (AvgIpc) is 2.61. The zero-order chi connectivity index (χ0) is 18.7. The Kier molecular flexibility index (Phi) is 5.75. The molecule has 5 nitrogen and oxygen atoms in total. The van der Waals surface area contributed by atoms with Crippen molar-refractivity contribution in [2.24, 2.45) is 0 Å². The van der Waals surface area contributed by atoms with E-state index in [1.165, 1.54) is 0 Å². The van der Waals surface area contributed by atoms with E-state index in [0.29, 0.717) is 16.3 Å². The molecule has 0 atom stereocenters. The van der Waals surface area contributed by atoms with Crippen molar-refractivity contribution in [2.75, 3.05) is 42.3 Å². The van der Waals surface area contributed by atoms with Crippen LogP contribution in [-0.4, -0.2) is 46.0 Å². The van der Waals surface area contributed by atoms with E-state index < -0.39 is 10.0 Å². The molecule has 1 saturated heterocycles. The standard InChI is InChI=1S/C19H24ClN3O2S/c1-3-22-10-12-23(13-11-22)18-7-5-4-6-17(18)21-26(24,25)19-9-8-16(20)14-15(19)2/h4-9,14,21H,3,10-13H2,1-2H3. The molecule has 1 heterocycles. The van der Waals surface area contributed by atoms with Crippen LogP contribution >= 0.6 is 11.6 Å². The summed E-state index contributed by atoms with van der Waals surface area (Å²) in [7, 11) is -3.68. The second kappa shape index (κ2) is 7.86. The quantitative estimate of drug-likeness (QED) is 0.843. The monoisotopic (exact) mass is 393 g/mol. The lowest BCUT2D eigenvalue weighted by atomic mass is 10.2. The van der Waals surface area contributed by atoms with Gasteiger partial charge in [-0.25, -0.2) is 8.42 Å². The normalized spacial score (nSPS) is 15.9. The first-order valence-electron chi connectivity index (χ1n) is 8.76. The minimum Gasteiger partial charge on any atom is -0.367 e. The fraction of sp³-hybridized carbons (Fsp3) is 0.368. The van der Waals surface area contributed by atoms with Crippen molar-refractivity contribution >= 4 is 33.0 Å². The Bertz CT molecular complexity index is 878. The van der Waals surface area contributed by atoms with Gasteiger partial charge in [0.15, 0.2) is 0 Å². The molecule has 3 rings (SSSR count). The molecule has 1 fully saturated rings. The lowest BCUT2D eigenvalue weighted by molar-refractivity contribution is 0.271. The topological polar surface area (TPSA) is 52.6 Å². The zero-order valence-electron chi connectivity index (χ0n) is 15.1. The van der Waals surface area contributed by atoms with Crippen LogP contribution in [0.4, 0.5) is 11.4 Å². The Morgan fingerprint density at radius 3 is 2.42 bits per heavy atom. The predicted octanol–water partition coefficient (Wildman–Crippen LogP) is 3.59. The third-order valence-corrected chi connectivity index (χ3v) is 6.50. The van der Waals surface area contributed by atoms with Crippen molar-refractivity contribution in [2.45, 2.75) is 18.7 Å². The molecule has 0 amide bonds. The van der Waals surface area contributed by atoms with Gasteiger partial charge >= 0.3 is 0 Å². The Morgan fingerprint density at radius 1 is 1.08 bits per heavy atom. The van der Waals surface area contributed by atoms with Gasteiger partial charge in [0.1, 0.15) is 0 Å². The maximum Gasteiger partial charge on any atom is 0.262 e. The van der Waals surface area contributed by atoms with Gasteiger partial charge < -0.3 is 9.80 Å². The Morgan fingerprint density at radius 2 is 1.77 bits per heavy atom. The highest BCUT2D eigenvalue weighted by molar-refractivity contribution is 7.92. The lowest BCUT2D eigenvalue weighted by Gasteiger charge is -2.36. The molecule has 2 aromatic rings. The summed E-state index contributed by atoms with van der Waals surface area (Å²) in [5.74, 6) is 0. The number of hydrogen-bond acceptors (Lipinski definition) is 4. The molecule has 1 aliphatic heterocycles. The minimum absolute atomic E-state index is 0.243. The molecule has 26 heavy (non-hydrogen) atoms. The summed E-state index contributed by atoms with van der Waals surface area (Å²) in [5.41, 5.74) is 2.14. The van der Waals surface area contributed by atoms with E-state index in [0.717, 1.165) is 38.4 Å². The molecule has 7 heteroatoms. The van der Waals surface area contributed by atoms with Crippen LogP contribution in [-0.2, 0) is 10.0 Å². The van der Waals surface area contributed by atoms with Crippen molar-refractivity contribution in [3.8, 4) is 0 Å². The van der Waals surface area contributed by atoms with E-state index in [4.69, 9.17) is 11.6 Å². The smallest absolute Gasteiger partial charge is 0.262 e. The third kappa shape index (κ3) is 4.14. The molecule has 0 saturated carbocycles. The number of likely N-dealkylation sites (N-methyl/N-ethyl adjacent to an activating group) is 1. The van der Waals surface area contributed by atoms with Gasteiger partial charge in [0, 0.05) is 31.2 Å². The Balaban J connectivity index is 1.86. The van der Waals surface area contributed by atoms with E-state index in [1.807, 2.05) is 24.3 Å². The minimum atomic E-state index is -3.68. The number of aryl methyl sites for hydroxylation is 1. The molecule has 0 aromatic heterocycles. The van der Waals surface area contributed by atoms with Crippen molar-refractivity contribution < 1.29 is 8.42 Å². The molecule has 0 aliphatic carbocycles. The molecule has 2 aromatic carbocycles. The number of benzene rings is 2. The highest BCUT2D eigenvalue weighted by atomic mass is 35.5. The van der Waals surface area contributed by atoms with Gasteiger partial charge in [0.2, 0.25) is 0 Å².